The Balaban J connectivity index is 0.996. The number of ether oxygens (including phenoxy) is 1. The molecule has 0 radical (unpaired) electrons. The van der Waals surface area contributed by atoms with Crippen LogP contribution in [-0.2, 0) is 19.4 Å². The van der Waals surface area contributed by atoms with Crippen LogP contribution in [0.15, 0.2) is 200 Å². The van der Waals surface area contributed by atoms with Crippen LogP contribution < -0.4 is 19.8 Å². The summed E-state index contributed by atoms with van der Waals surface area (Å²) in [5.41, 5.74) is 10.1. The van der Waals surface area contributed by atoms with E-state index in [-0.39, 0.29) is 23.7 Å². The van der Waals surface area contributed by atoms with Gasteiger partial charge in [-0.15, -0.1) is 6.07 Å². The van der Waals surface area contributed by atoms with Gasteiger partial charge in [-0.2, -0.15) is 12.1 Å². The fourth-order valence-electron chi connectivity index (χ4n) is 9.01. The van der Waals surface area contributed by atoms with Crippen LogP contribution >= 0.6 is 0 Å². The molecule has 2 aromatic heterocycles. The third kappa shape index (κ3) is 6.14. The first kappa shape index (κ1) is 29.7. The second-order valence-electron chi connectivity index (χ2n) is 15.1. The summed E-state index contributed by atoms with van der Waals surface area (Å²) < 4.78 is 80.8. The van der Waals surface area contributed by atoms with E-state index in [2.05, 4.69) is 95.7 Å². The van der Waals surface area contributed by atoms with Gasteiger partial charge in [0.2, 0.25) is 0 Å². The molecular formula is C55H36BN5OPt-2. The Bertz CT molecular complexity index is 3850. The Hall–Kier alpha value is -7.47. The van der Waals surface area contributed by atoms with E-state index in [1.807, 2.05) is 112 Å². The van der Waals surface area contributed by atoms with E-state index in [9.17, 15) is 0 Å². The van der Waals surface area contributed by atoms with Crippen molar-refractivity contribution in [1.82, 2.24) is 14.1 Å². The number of fused-ring (bicyclic) bond motifs is 9. The van der Waals surface area contributed by atoms with Crippen molar-refractivity contribution < 1.29 is 35.1 Å². The van der Waals surface area contributed by atoms with E-state index in [1.165, 1.54) is 6.07 Å². The van der Waals surface area contributed by atoms with Crippen LogP contribution in [0.1, 0.15) is 16.5 Å². The summed E-state index contributed by atoms with van der Waals surface area (Å²) in [6, 6.07) is 58.8. The molecule has 2 aliphatic heterocycles. The van der Waals surface area contributed by atoms with Crippen LogP contribution in [0.3, 0.4) is 0 Å². The fraction of sp³-hybridized carbons (Fsp3) is 0.0182. The first-order valence-electron chi connectivity index (χ1n) is 24.3. The molecular weight excluding hydrogens is 953 g/mol. The summed E-state index contributed by atoms with van der Waals surface area (Å²) in [5.74, 6) is 1.42. The van der Waals surface area contributed by atoms with Crippen LogP contribution in [0.2, 0.25) is 0 Å². The van der Waals surface area contributed by atoms with Gasteiger partial charge in [0, 0.05) is 11.3 Å². The number of para-hydroxylation sites is 4. The Kier molecular flexibility index (Phi) is 7.15. The van der Waals surface area contributed by atoms with Crippen molar-refractivity contribution in [1.29, 1.82) is 0 Å². The zero-order valence-corrected chi connectivity index (χ0v) is 35.5. The zero-order valence-electron chi connectivity index (χ0n) is 41.2. The molecule has 6 nitrogen and oxygen atoms in total. The number of rotatable bonds is 7. The molecule has 0 fully saturated rings. The molecule has 8 heteroatoms. The minimum absolute atomic E-state index is 0.0457. The van der Waals surface area contributed by atoms with E-state index >= 15 is 0 Å². The molecule has 0 N–H and O–H groups in total. The van der Waals surface area contributed by atoms with E-state index in [1.54, 1.807) is 6.07 Å². The third-order valence-electron chi connectivity index (χ3n) is 11.6. The first-order valence-corrected chi connectivity index (χ1v) is 21.5. The van der Waals surface area contributed by atoms with Gasteiger partial charge in [0.05, 0.1) is 0 Å². The number of benzene rings is 8. The minimum atomic E-state index is -2.61. The Morgan fingerprint density at radius 1 is 0.635 bits per heavy atom. The summed E-state index contributed by atoms with van der Waals surface area (Å²) in [4.78, 5) is 9.69. The topological polar surface area (TPSA) is 38.5 Å². The van der Waals surface area contributed by atoms with Gasteiger partial charge in [0.1, 0.15) is 0 Å². The second kappa shape index (κ2) is 15.2. The van der Waals surface area contributed by atoms with Crippen LogP contribution in [0.5, 0.6) is 11.6 Å². The number of nitrogens with zero attached hydrogens (tertiary/aromatic N) is 5. The van der Waals surface area contributed by atoms with Crippen LogP contribution in [0.4, 0.5) is 22.9 Å². The second-order valence-corrected chi connectivity index (χ2v) is 16.2. The molecule has 0 aliphatic carbocycles. The van der Waals surface area contributed by atoms with E-state index in [0.717, 1.165) is 39.2 Å². The van der Waals surface area contributed by atoms with Crippen molar-refractivity contribution in [2.75, 3.05) is 9.62 Å². The standard InChI is InChI=1S/C55H36BN5O.Pt/c1-38-34-45(39-18-4-2-5-19-39)55(46(35-38)40-20-6-3-7-21-40)59-37-58(49-28-12-13-29-50(49)59)41-22-16-23-42(36-41)62-54-33-17-32-53(57-54)61-52-31-15-14-30-51(52)60-48-27-11-9-25-44(48)43-24-8-10-26-47(43)56(60)61;/h2-30,32-35H,1H3;/q-2;/i1D3,2D,4D,5D,18D,19D;. The molecule has 2 aliphatic rings. The monoisotopic (exact) mass is 996 g/mol. The fourth-order valence-corrected chi connectivity index (χ4v) is 10.1. The third-order valence-corrected chi connectivity index (χ3v) is 12.6. The number of aromatic nitrogens is 3. The van der Waals surface area contributed by atoms with Crippen molar-refractivity contribution in [3.05, 3.63) is 222 Å². The number of hydrogen-bond donors (Lipinski definition) is 0. The molecule has 0 bridgehead atoms. The number of pyridine rings is 1. The van der Waals surface area contributed by atoms with Gasteiger partial charge >= 0.3 is 306 Å². The molecule has 0 unspecified atom stereocenters. The van der Waals surface area contributed by atoms with E-state index in [0.29, 0.717) is 49.3 Å². The quantitative estimate of drug-likeness (QED) is 0.118. The maximum atomic E-state index is 9.14. The van der Waals surface area contributed by atoms with Crippen LogP contribution in [-0.4, -0.2) is 21.1 Å². The van der Waals surface area contributed by atoms with Crippen LogP contribution in [0, 0.1) is 22.8 Å². The normalized spacial score (nSPS) is 14.5. The van der Waals surface area contributed by atoms with E-state index in [4.69, 9.17) is 20.7 Å². The number of aryl methyl sites for hydroxylation is 1. The molecule has 0 amide bonds. The van der Waals surface area contributed by atoms with Crippen molar-refractivity contribution >= 4 is 46.4 Å². The molecule has 0 saturated heterocycles. The molecule has 0 saturated carbocycles. The first-order chi connectivity index (χ1) is 34.4. The average Bonchev–Trinajstić information content (AvgIpc) is 3.89. The predicted molar refractivity (Wildman–Crippen MR) is 251 cm³/mol. The van der Waals surface area contributed by atoms with E-state index < -0.39 is 37.1 Å². The summed E-state index contributed by atoms with van der Waals surface area (Å²) in [6.07, 6.45) is 0. The number of imidazole rings is 1. The zero-order chi connectivity index (χ0) is 48.9. The summed E-state index contributed by atoms with van der Waals surface area (Å²) in [5, 5.41) is 0. The van der Waals surface area contributed by atoms with Crippen molar-refractivity contribution in [2.45, 2.75) is 6.85 Å². The van der Waals surface area contributed by atoms with Gasteiger partial charge < -0.3 is 0 Å². The number of hydrogen-bond acceptors (Lipinski definition) is 4. The molecule has 8 aromatic carbocycles. The van der Waals surface area contributed by atoms with Gasteiger partial charge in [-0.05, 0) is 11.6 Å². The van der Waals surface area contributed by atoms with Gasteiger partial charge in [-0.25, -0.2) is 0 Å². The Labute approximate surface area is 388 Å². The van der Waals surface area contributed by atoms with Crippen molar-refractivity contribution in [2.24, 2.45) is 0 Å². The molecule has 302 valence electrons. The maximum absolute atomic E-state index is 9.14. The Morgan fingerprint density at radius 3 is 2.19 bits per heavy atom. The molecule has 10 aromatic rings. The molecule has 0 spiro atoms. The van der Waals surface area contributed by atoms with Crippen molar-refractivity contribution in [3.8, 4) is 56.4 Å². The van der Waals surface area contributed by atoms with Crippen molar-refractivity contribution in [3.63, 3.8) is 0 Å². The summed E-state index contributed by atoms with van der Waals surface area (Å²) in [7, 11) is 0. The van der Waals surface area contributed by atoms with Crippen LogP contribution in [0.25, 0.3) is 55.8 Å². The summed E-state index contributed by atoms with van der Waals surface area (Å²) in [6.45, 7) is -2.85. The molecule has 0 atom stereocenters. The van der Waals surface area contributed by atoms with Gasteiger partial charge in [0.15, 0.2) is 0 Å². The number of anilines is 4. The summed E-state index contributed by atoms with van der Waals surface area (Å²) >= 11 is 2.22. The molecule has 4 heterocycles. The molecule has 12 rings (SSSR count). The van der Waals surface area contributed by atoms with Gasteiger partial charge in [-0.1, -0.05) is 42.5 Å². The molecule has 63 heavy (non-hydrogen) atoms. The average molecular weight is 997 g/mol. The van der Waals surface area contributed by atoms with Gasteiger partial charge in [0.25, 0.3) is 0 Å². The Morgan fingerprint density at radius 2 is 1.35 bits per heavy atom. The van der Waals surface area contributed by atoms with Gasteiger partial charge in [-0.3, -0.25) is 0 Å². The predicted octanol–water partition coefficient (Wildman–Crippen LogP) is 12.6. The SMILES string of the molecule is [2H]c1c([2H])c([2H])c(-c2cc(C([2H])([2H])[2H])cc(-c3ccccc3)c2-n2[c](=[Pt])n(-c3[c-]c(Oc4cccc(N5B6c7ccccc7-c7ccccc7N6c6ccc[c-]c65)n4)ccc3)c3ccccc32)c([2H])c1[2H].